The van der Waals surface area contributed by atoms with Crippen molar-refractivity contribution in [3.8, 4) is 0 Å². The van der Waals surface area contributed by atoms with Crippen LogP contribution in [0.2, 0.25) is 5.02 Å². The highest BCUT2D eigenvalue weighted by Gasteiger charge is 2.33. The summed E-state index contributed by atoms with van der Waals surface area (Å²) in [5.74, 6) is -0.507. The molecule has 2 aromatic rings. The topological polar surface area (TPSA) is 66.6 Å². The van der Waals surface area contributed by atoms with Crippen molar-refractivity contribution in [1.29, 1.82) is 0 Å². The molecule has 3 N–H and O–H groups in total. The Hall–Kier alpha value is -1.95. The van der Waals surface area contributed by atoms with Crippen molar-refractivity contribution < 1.29 is 14.3 Å². The van der Waals surface area contributed by atoms with Gasteiger partial charge in [0.15, 0.2) is 5.78 Å². The van der Waals surface area contributed by atoms with Crippen LogP contribution in [0, 0.1) is 5.82 Å². The summed E-state index contributed by atoms with van der Waals surface area (Å²) in [5.41, 5.74) is 6.37. The number of aliphatic hydroxyl groups is 1. The predicted molar refractivity (Wildman–Crippen MR) is 105 cm³/mol. The molecule has 0 bridgehead atoms. The summed E-state index contributed by atoms with van der Waals surface area (Å²) < 4.78 is 13.1. The van der Waals surface area contributed by atoms with Crippen LogP contribution in [0.15, 0.2) is 42.5 Å². The molecule has 3 rings (SSSR count). The van der Waals surface area contributed by atoms with Gasteiger partial charge in [-0.25, -0.2) is 4.39 Å². The molecule has 0 aliphatic carbocycles. The molecule has 1 saturated heterocycles. The largest absolute Gasteiger partial charge is 0.398 e. The van der Waals surface area contributed by atoms with E-state index >= 15 is 0 Å². The quantitative estimate of drug-likeness (QED) is 0.577. The molecule has 0 aromatic heterocycles. The SMILES string of the molecule is Nc1cc(F)ccc1C(=O)CCCN1CCC(O)(c2ccc(Cl)cc2)CC1. The highest BCUT2D eigenvalue weighted by molar-refractivity contribution is 6.30. The zero-order chi connectivity index (χ0) is 19.4. The first-order valence-electron chi connectivity index (χ1n) is 9.16. The summed E-state index contributed by atoms with van der Waals surface area (Å²) in [6, 6.07) is 11.2. The van der Waals surface area contributed by atoms with Crippen molar-refractivity contribution in [2.75, 3.05) is 25.4 Å². The molecule has 0 spiro atoms. The lowest BCUT2D eigenvalue weighted by atomic mass is 9.84. The molecule has 1 fully saturated rings. The number of Topliss-reactive ketones (excluding diaryl/α,β-unsaturated/α-hetero) is 1. The molecular formula is C21H24ClFN2O2. The molecule has 4 nitrogen and oxygen atoms in total. The van der Waals surface area contributed by atoms with Gasteiger partial charge in [0.2, 0.25) is 0 Å². The molecular weight excluding hydrogens is 367 g/mol. The molecule has 144 valence electrons. The number of carbonyl (C=O) groups is 1. The molecule has 1 aliphatic heterocycles. The van der Waals surface area contributed by atoms with E-state index in [-0.39, 0.29) is 11.5 Å². The van der Waals surface area contributed by atoms with Crippen LogP contribution in [-0.4, -0.2) is 35.4 Å². The summed E-state index contributed by atoms with van der Waals surface area (Å²) >= 11 is 5.92. The number of hydrogen-bond acceptors (Lipinski definition) is 4. The van der Waals surface area contributed by atoms with E-state index in [1.165, 1.54) is 18.2 Å². The van der Waals surface area contributed by atoms with Gasteiger partial charge in [0.25, 0.3) is 0 Å². The van der Waals surface area contributed by atoms with E-state index in [9.17, 15) is 14.3 Å². The maximum absolute atomic E-state index is 13.1. The predicted octanol–water partition coefficient (Wildman–Crippen LogP) is 4.01. The van der Waals surface area contributed by atoms with Crippen LogP contribution >= 0.6 is 11.6 Å². The molecule has 0 saturated carbocycles. The van der Waals surface area contributed by atoms with Crippen LogP contribution in [-0.2, 0) is 5.60 Å². The number of ketones is 1. The van der Waals surface area contributed by atoms with Crippen molar-refractivity contribution in [3.63, 3.8) is 0 Å². The summed E-state index contributed by atoms with van der Waals surface area (Å²) in [6.07, 6.45) is 2.36. The van der Waals surface area contributed by atoms with E-state index in [0.29, 0.717) is 36.3 Å². The van der Waals surface area contributed by atoms with Gasteiger partial charge in [-0.1, -0.05) is 23.7 Å². The lowest BCUT2D eigenvalue weighted by molar-refractivity contribution is -0.0260. The number of benzene rings is 2. The van der Waals surface area contributed by atoms with Crippen LogP contribution < -0.4 is 5.73 Å². The number of nitrogen functional groups attached to an aromatic ring is 1. The first kappa shape index (κ1) is 19.8. The molecule has 0 amide bonds. The van der Waals surface area contributed by atoms with Crippen molar-refractivity contribution in [1.82, 2.24) is 4.90 Å². The number of rotatable bonds is 6. The van der Waals surface area contributed by atoms with Crippen molar-refractivity contribution >= 4 is 23.1 Å². The van der Waals surface area contributed by atoms with Crippen LogP contribution in [0.1, 0.15) is 41.6 Å². The number of piperidine rings is 1. The second-order valence-corrected chi connectivity index (χ2v) is 7.57. The Morgan fingerprint density at radius 3 is 2.48 bits per heavy atom. The van der Waals surface area contributed by atoms with E-state index < -0.39 is 11.4 Å². The number of anilines is 1. The third-order valence-corrected chi connectivity index (χ3v) is 5.51. The van der Waals surface area contributed by atoms with Crippen molar-refractivity contribution in [2.45, 2.75) is 31.3 Å². The van der Waals surface area contributed by atoms with Gasteiger partial charge in [-0.05, 0) is 61.7 Å². The summed E-state index contributed by atoms with van der Waals surface area (Å²) in [5, 5.41) is 11.6. The number of hydrogen-bond donors (Lipinski definition) is 2. The summed E-state index contributed by atoms with van der Waals surface area (Å²) in [7, 11) is 0. The zero-order valence-electron chi connectivity index (χ0n) is 15.1. The zero-order valence-corrected chi connectivity index (χ0v) is 15.9. The van der Waals surface area contributed by atoms with E-state index in [4.69, 9.17) is 17.3 Å². The van der Waals surface area contributed by atoms with E-state index in [1.807, 2.05) is 12.1 Å². The Labute approximate surface area is 163 Å². The van der Waals surface area contributed by atoms with Gasteiger partial charge < -0.3 is 15.7 Å². The minimum atomic E-state index is -0.820. The number of halogens is 2. The van der Waals surface area contributed by atoms with Crippen LogP contribution in [0.4, 0.5) is 10.1 Å². The average molecular weight is 391 g/mol. The fourth-order valence-electron chi connectivity index (χ4n) is 3.58. The Morgan fingerprint density at radius 2 is 1.85 bits per heavy atom. The molecule has 1 aliphatic rings. The van der Waals surface area contributed by atoms with E-state index in [1.54, 1.807) is 12.1 Å². The fourth-order valence-corrected chi connectivity index (χ4v) is 3.71. The Bertz CT molecular complexity index is 802. The number of nitrogens with two attached hydrogens (primary N) is 1. The number of carbonyl (C=O) groups excluding carboxylic acids is 1. The normalized spacial score (nSPS) is 17.0. The lowest BCUT2D eigenvalue weighted by Crippen LogP contribution is -2.42. The maximum Gasteiger partial charge on any atom is 0.164 e. The minimum Gasteiger partial charge on any atom is -0.398 e. The van der Waals surface area contributed by atoms with Crippen LogP contribution in [0.25, 0.3) is 0 Å². The van der Waals surface area contributed by atoms with Crippen molar-refractivity contribution in [3.05, 3.63) is 64.4 Å². The third-order valence-electron chi connectivity index (χ3n) is 5.26. The second kappa shape index (κ2) is 8.38. The van der Waals surface area contributed by atoms with Gasteiger partial charge in [0.05, 0.1) is 5.60 Å². The van der Waals surface area contributed by atoms with Gasteiger partial charge in [-0.2, -0.15) is 0 Å². The first-order chi connectivity index (χ1) is 12.9. The van der Waals surface area contributed by atoms with Gasteiger partial charge in [-0.15, -0.1) is 0 Å². The first-order valence-corrected chi connectivity index (χ1v) is 9.54. The smallest absolute Gasteiger partial charge is 0.164 e. The monoisotopic (exact) mass is 390 g/mol. The fraction of sp³-hybridized carbons (Fsp3) is 0.381. The number of likely N-dealkylation sites (tertiary alicyclic amines) is 1. The molecule has 2 aromatic carbocycles. The van der Waals surface area contributed by atoms with E-state index in [2.05, 4.69) is 4.90 Å². The van der Waals surface area contributed by atoms with Crippen LogP contribution in [0.3, 0.4) is 0 Å². The Morgan fingerprint density at radius 1 is 1.19 bits per heavy atom. The molecule has 0 radical (unpaired) electrons. The van der Waals surface area contributed by atoms with Crippen molar-refractivity contribution in [2.24, 2.45) is 0 Å². The summed E-state index contributed by atoms with van der Waals surface area (Å²) in [4.78, 5) is 14.5. The average Bonchev–Trinajstić information content (AvgIpc) is 2.64. The minimum absolute atomic E-state index is 0.0674. The second-order valence-electron chi connectivity index (χ2n) is 7.14. The molecule has 27 heavy (non-hydrogen) atoms. The summed E-state index contributed by atoms with van der Waals surface area (Å²) in [6.45, 7) is 2.32. The molecule has 0 unspecified atom stereocenters. The van der Waals surface area contributed by atoms with Gasteiger partial charge in [0.1, 0.15) is 5.82 Å². The highest BCUT2D eigenvalue weighted by Crippen LogP contribution is 2.33. The Kier molecular flexibility index (Phi) is 6.15. The third kappa shape index (κ3) is 4.86. The van der Waals surface area contributed by atoms with Gasteiger partial charge in [0, 0.05) is 35.8 Å². The van der Waals surface area contributed by atoms with E-state index in [0.717, 1.165) is 25.2 Å². The maximum atomic E-state index is 13.1. The number of nitrogens with zero attached hydrogens (tertiary/aromatic N) is 1. The highest BCUT2D eigenvalue weighted by atomic mass is 35.5. The lowest BCUT2D eigenvalue weighted by Gasteiger charge is -2.38. The molecule has 6 heteroatoms. The molecule has 0 atom stereocenters. The van der Waals surface area contributed by atoms with Gasteiger partial charge >= 0.3 is 0 Å². The van der Waals surface area contributed by atoms with Gasteiger partial charge in [-0.3, -0.25) is 4.79 Å². The molecule has 1 heterocycles. The Balaban J connectivity index is 1.47. The standard InChI is InChI=1S/C21H24ClFN2O2/c22-16-5-3-15(4-6-16)21(27)9-12-25(13-10-21)11-1-2-20(26)18-8-7-17(23)14-19(18)24/h3-8,14,27H,1-2,9-13,24H2. The van der Waals surface area contributed by atoms with Crippen LogP contribution in [0.5, 0.6) is 0 Å².